The summed E-state index contributed by atoms with van der Waals surface area (Å²) in [7, 11) is 1.60. The smallest absolute Gasteiger partial charge is 0.334 e. The fourth-order valence-corrected chi connectivity index (χ4v) is 1.85. The third kappa shape index (κ3) is 4.79. The molecule has 0 aromatic heterocycles. The van der Waals surface area contributed by atoms with Gasteiger partial charge in [-0.1, -0.05) is 35.5 Å². The lowest BCUT2D eigenvalue weighted by Gasteiger charge is -2.16. The minimum atomic E-state index is -0.957. The van der Waals surface area contributed by atoms with Gasteiger partial charge in [-0.3, -0.25) is 0 Å². The van der Waals surface area contributed by atoms with Crippen molar-refractivity contribution in [3.8, 4) is 0 Å². The predicted octanol–water partition coefficient (Wildman–Crippen LogP) is 2.85. The highest BCUT2D eigenvalue weighted by molar-refractivity contribution is 5.75. The number of nitroso groups, excluding NO2 is 1. The van der Waals surface area contributed by atoms with E-state index >= 15 is 0 Å². The standard InChI is InChI=1S/C14H19NO4/c1-3-19-14(16)12(15-17)9-10-13(18-2)11-7-5-4-6-8-11/h4-8,12-13H,3,9-10H2,1-2H3. The zero-order valence-electron chi connectivity index (χ0n) is 11.2. The third-order valence-corrected chi connectivity index (χ3v) is 2.84. The molecule has 0 aliphatic heterocycles. The van der Waals surface area contributed by atoms with E-state index in [1.54, 1.807) is 14.0 Å². The van der Waals surface area contributed by atoms with Crippen molar-refractivity contribution in [1.29, 1.82) is 0 Å². The van der Waals surface area contributed by atoms with E-state index in [4.69, 9.17) is 9.47 Å². The molecule has 0 N–H and O–H groups in total. The van der Waals surface area contributed by atoms with Crippen LogP contribution in [0.1, 0.15) is 31.4 Å². The van der Waals surface area contributed by atoms with Crippen molar-refractivity contribution in [3.05, 3.63) is 40.8 Å². The first kappa shape index (κ1) is 15.3. The molecule has 2 atom stereocenters. The average molecular weight is 265 g/mol. The molecule has 5 nitrogen and oxygen atoms in total. The third-order valence-electron chi connectivity index (χ3n) is 2.84. The van der Waals surface area contributed by atoms with Gasteiger partial charge in [0.25, 0.3) is 0 Å². The number of nitrogens with zero attached hydrogens (tertiary/aromatic N) is 1. The molecule has 1 rings (SSSR count). The summed E-state index contributed by atoms with van der Waals surface area (Å²) in [6.45, 7) is 1.94. The number of hydrogen-bond acceptors (Lipinski definition) is 5. The van der Waals surface area contributed by atoms with Crippen molar-refractivity contribution in [1.82, 2.24) is 0 Å². The minimum Gasteiger partial charge on any atom is -0.464 e. The summed E-state index contributed by atoms with van der Waals surface area (Å²) in [4.78, 5) is 22.1. The van der Waals surface area contributed by atoms with Gasteiger partial charge in [0.1, 0.15) is 0 Å². The molecule has 0 bridgehead atoms. The van der Waals surface area contributed by atoms with Crippen LogP contribution in [-0.4, -0.2) is 25.7 Å². The monoisotopic (exact) mass is 265 g/mol. The van der Waals surface area contributed by atoms with Crippen molar-refractivity contribution in [3.63, 3.8) is 0 Å². The lowest BCUT2D eigenvalue weighted by molar-refractivity contribution is -0.144. The zero-order valence-corrected chi connectivity index (χ0v) is 11.2. The molecule has 0 saturated carbocycles. The molecule has 0 aliphatic carbocycles. The second-order valence-corrected chi connectivity index (χ2v) is 4.09. The van der Waals surface area contributed by atoms with Crippen LogP contribution < -0.4 is 0 Å². The van der Waals surface area contributed by atoms with Crippen molar-refractivity contribution in [2.75, 3.05) is 13.7 Å². The van der Waals surface area contributed by atoms with Crippen LogP contribution in [0.5, 0.6) is 0 Å². The molecule has 0 fully saturated rings. The van der Waals surface area contributed by atoms with Crippen LogP contribution in [0, 0.1) is 4.91 Å². The summed E-state index contributed by atoms with van der Waals surface area (Å²) in [6.07, 6.45) is 0.700. The fraction of sp³-hybridized carbons (Fsp3) is 0.500. The molecule has 0 spiro atoms. The summed E-state index contributed by atoms with van der Waals surface area (Å²) in [6, 6.07) is 8.69. The van der Waals surface area contributed by atoms with E-state index in [2.05, 4.69) is 5.18 Å². The van der Waals surface area contributed by atoms with Crippen LogP contribution in [0.25, 0.3) is 0 Å². The molecule has 0 radical (unpaired) electrons. The van der Waals surface area contributed by atoms with Crippen LogP contribution in [0.4, 0.5) is 0 Å². The highest BCUT2D eigenvalue weighted by Gasteiger charge is 2.22. The molecule has 104 valence electrons. The first-order chi connectivity index (χ1) is 9.22. The van der Waals surface area contributed by atoms with Gasteiger partial charge in [0, 0.05) is 7.11 Å². The molecular formula is C14H19NO4. The average Bonchev–Trinajstić information content (AvgIpc) is 2.45. The van der Waals surface area contributed by atoms with Gasteiger partial charge >= 0.3 is 5.97 Å². The van der Waals surface area contributed by atoms with Crippen LogP contribution in [0.2, 0.25) is 0 Å². The fourth-order valence-electron chi connectivity index (χ4n) is 1.85. The normalized spacial score (nSPS) is 13.6. The van der Waals surface area contributed by atoms with Crippen LogP contribution >= 0.6 is 0 Å². The van der Waals surface area contributed by atoms with E-state index in [-0.39, 0.29) is 12.7 Å². The summed E-state index contributed by atoms with van der Waals surface area (Å²) >= 11 is 0. The van der Waals surface area contributed by atoms with E-state index in [9.17, 15) is 9.70 Å². The van der Waals surface area contributed by atoms with Crippen molar-refractivity contribution < 1.29 is 14.3 Å². The lowest BCUT2D eigenvalue weighted by Crippen LogP contribution is -2.22. The maximum atomic E-state index is 11.5. The van der Waals surface area contributed by atoms with E-state index in [1.807, 2.05) is 30.3 Å². The number of benzene rings is 1. The summed E-state index contributed by atoms with van der Waals surface area (Å²) < 4.78 is 10.2. The summed E-state index contributed by atoms with van der Waals surface area (Å²) in [5, 5.41) is 2.83. The van der Waals surface area contributed by atoms with Gasteiger partial charge in [-0.05, 0) is 25.3 Å². The van der Waals surface area contributed by atoms with Crippen LogP contribution in [-0.2, 0) is 14.3 Å². The number of methoxy groups -OCH3 is 1. The second kappa shape index (κ2) is 8.37. The number of esters is 1. The number of hydrogen-bond donors (Lipinski definition) is 0. The maximum Gasteiger partial charge on any atom is 0.334 e. The van der Waals surface area contributed by atoms with E-state index in [0.717, 1.165) is 5.56 Å². The van der Waals surface area contributed by atoms with Gasteiger partial charge in [0.2, 0.25) is 0 Å². The van der Waals surface area contributed by atoms with Crippen molar-refractivity contribution in [2.45, 2.75) is 31.9 Å². The molecular weight excluding hydrogens is 246 g/mol. The van der Waals surface area contributed by atoms with Gasteiger partial charge in [-0.2, -0.15) is 0 Å². The van der Waals surface area contributed by atoms with Gasteiger partial charge in [-0.15, -0.1) is 4.91 Å². The van der Waals surface area contributed by atoms with Gasteiger partial charge in [0.15, 0.2) is 6.04 Å². The number of carbonyl (C=O) groups is 1. The highest BCUT2D eigenvalue weighted by Crippen LogP contribution is 2.23. The van der Waals surface area contributed by atoms with E-state index in [0.29, 0.717) is 12.8 Å². The Kier molecular flexibility index (Phi) is 6.74. The van der Waals surface area contributed by atoms with Crippen LogP contribution in [0.3, 0.4) is 0 Å². The molecule has 1 aromatic rings. The van der Waals surface area contributed by atoms with E-state index < -0.39 is 12.0 Å². The van der Waals surface area contributed by atoms with Crippen molar-refractivity contribution >= 4 is 5.97 Å². The molecule has 0 saturated heterocycles. The Balaban J connectivity index is 2.57. The molecule has 0 amide bonds. The van der Waals surface area contributed by atoms with Gasteiger partial charge in [-0.25, -0.2) is 4.79 Å². The topological polar surface area (TPSA) is 65.0 Å². The lowest BCUT2D eigenvalue weighted by atomic mass is 10.0. The number of rotatable bonds is 8. The Morgan fingerprint density at radius 2 is 1.95 bits per heavy atom. The zero-order chi connectivity index (χ0) is 14.1. The minimum absolute atomic E-state index is 0.153. The molecule has 5 heteroatoms. The summed E-state index contributed by atoms with van der Waals surface area (Å²) in [5.41, 5.74) is 1.01. The van der Waals surface area contributed by atoms with Crippen molar-refractivity contribution in [2.24, 2.45) is 5.18 Å². The Labute approximate surface area is 112 Å². The molecule has 2 unspecified atom stereocenters. The van der Waals surface area contributed by atoms with Crippen LogP contribution in [0.15, 0.2) is 35.5 Å². The van der Waals surface area contributed by atoms with Gasteiger partial charge in [0.05, 0.1) is 12.7 Å². The predicted molar refractivity (Wildman–Crippen MR) is 71.6 cm³/mol. The molecule has 1 aromatic carbocycles. The summed E-state index contributed by atoms with van der Waals surface area (Å²) in [5.74, 6) is -0.569. The highest BCUT2D eigenvalue weighted by atomic mass is 16.5. The Bertz CT molecular complexity index is 394. The molecule has 0 aliphatic rings. The first-order valence-electron chi connectivity index (χ1n) is 6.29. The second-order valence-electron chi connectivity index (χ2n) is 4.09. The van der Waals surface area contributed by atoms with E-state index in [1.165, 1.54) is 0 Å². The Hall–Kier alpha value is -1.75. The number of ether oxygens (including phenoxy) is 2. The SMILES string of the molecule is CCOC(=O)C(CCC(OC)c1ccccc1)N=O. The largest absolute Gasteiger partial charge is 0.464 e. The Morgan fingerprint density at radius 3 is 2.47 bits per heavy atom. The number of carbonyl (C=O) groups excluding carboxylic acids is 1. The maximum absolute atomic E-state index is 11.5. The molecule has 19 heavy (non-hydrogen) atoms. The van der Waals surface area contributed by atoms with Gasteiger partial charge < -0.3 is 9.47 Å². The quantitative estimate of drug-likeness (QED) is 0.535. The molecule has 0 heterocycles. The Morgan fingerprint density at radius 1 is 1.26 bits per heavy atom. The first-order valence-corrected chi connectivity index (χ1v) is 6.29.